The SMILES string of the molecule is COc1ccc(-c2ccnc(Cl)n2)cc1O. The topological polar surface area (TPSA) is 55.2 Å². The van der Waals surface area contributed by atoms with Crippen LogP contribution in [0.5, 0.6) is 11.5 Å². The van der Waals surface area contributed by atoms with E-state index in [9.17, 15) is 5.11 Å². The van der Waals surface area contributed by atoms with Gasteiger partial charge in [-0.1, -0.05) is 0 Å². The Hall–Kier alpha value is -1.81. The van der Waals surface area contributed by atoms with Gasteiger partial charge in [0.15, 0.2) is 11.5 Å². The Morgan fingerprint density at radius 3 is 2.75 bits per heavy atom. The molecule has 2 rings (SSSR count). The van der Waals surface area contributed by atoms with Gasteiger partial charge in [-0.05, 0) is 35.9 Å². The van der Waals surface area contributed by atoms with Crippen LogP contribution in [0, 0.1) is 0 Å². The highest BCUT2D eigenvalue weighted by molar-refractivity contribution is 6.28. The lowest BCUT2D eigenvalue weighted by molar-refractivity contribution is 0.373. The fraction of sp³-hybridized carbons (Fsp3) is 0.0909. The van der Waals surface area contributed by atoms with Crippen molar-refractivity contribution in [2.75, 3.05) is 7.11 Å². The molecule has 0 aliphatic heterocycles. The van der Waals surface area contributed by atoms with E-state index in [1.165, 1.54) is 7.11 Å². The van der Waals surface area contributed by atoms with Crippen LogP contribution in [-0.4, -0.2) is 22.2 Å². The number of phenols is 1. The molecule has 0 saturated heterocycles. The molecule has 82 valence electrons. The molecule has 0 radical (unpaired) electrons. The highest BCUT2D eigenvalue weighted by Gasteiger charge is 2.05. The van der Waals surface area contributed by atoms with Crippen LogP contribution in [0.2, 0.25) is 5.28 Å². The molecule has 0 spiro atoms. The number of hydrogen-bond acceptors (Lipinski definition) is 4. The number of phenolic OH excluding ortho intramolecular Hbond substituents is 1. The number of ether oxygens (including phenoxy) is 1. The number of rotatable bonds is 2. The Labute approximate surface area is 97.5 Å². The first kappa shape index (κ1) is 10.7. The maximum absolute atomic E-state index is 9.62. The van der Waals surface area contributed by atoms with Gasteiger partial charge in [0.25, 0.3) is 0 Å². The average molecular weight is 237 g/mol. The van der Waals surface area contributed by atoms with Crippen LogP contribution < -0.4 is 4.74 Å². The van der Waals surface area contributed by atoms with Crippen molar-refractivity contribution in [3.8, 4) is 22.8 Å². The zero-order chi connectivity index (χ0) is 11.5. The summed E-state index contributed by atoms with van der Waals surface area (Å²) in [5.41, 5.74) is 1.40. The van der Waals surface area contributed by atoms with E-state index < -0.39 is 0 Å². The Morgan fingerprint density at radius 2 is 2.12 bits per heavy atom. The third-order valence-corrected chi connectivity index (χ3v) is 2.28. The van der Waals surface area contributed by atoms with Crippen LogP contribution in [0.4, 0.5) is 0 Å². The van der Waals surface area contributed by atoms with Crippen LogP contribution in [0.3, 0.4) is 0 Å². The first-order valence-corrected chi connectivity index (χ1v) is 4.94. The van der Waals surface area contributed by atoms with Crippen molar-refractivity contribution in [3.63, 3.8) is 0 Å². The molecule has 1 aromatic heterocycles. The van der Waals surface area contributed by atoms with E-state index in [1.807, 2.05) is 0 Å². The van der Waals surface area contributed by atoms with Crippen LogP contribution in [-0.2, 0) is 0 Å². The summed E-state index contributed by atoms with van der Waals surface area (Å²) in [5, 5.41) is 9.79. The van der Waals surface area contributed by atoms with Gasteiger partial charge in [0.2, 0.25) is 5.28 Å². The predicted octanol–water partition coefficient (Wildman–Crippen LogP) is 2.51. The van der Waals surface area contributed by atoms with Crippen molar-refractivity contribution >= 4 is 11.6 Å². The maximum Gasteiger partial charge on any atom is 0.222 e. The van der Waals surface area contributed by atoms with Crippen molar-refractivity contribution in [1.82, 2.24) is 9.97 Å². The summed E-state index contributed by atoms with van der Waals surface area (Å²) in [6, 6.07) is 6.74. The molecule has 0 unspecified atom stereocenters. The van der Waals surface area contributed by atoms with Crippen LogP contribution in [0.15, 0.2) is 30.5 Å². The number of aromatic hydroxyl groups is 1. The zero-order valence-electron chi connectivity index (χ0n) is 8.51. The molecule has 2 aromatic rings. The summed E-state index contributed by atoms with van der Waals surface area (Å²) < 4.78 is 4.95. The van der Waals surface area contributed by atoms with Crippen LogP contribution in [0.25, 0.3) is 11.3 Å². The Balaban J connectivity index is 2.45. The van der Waals surface area contributed by atoms with Crippen molar-refractivity contribution in [2.24, 2.45) is 0 Å². The quantitative estimate of drug-likeness (QED) is 0.814. The van der Waals surface area contributed by atoms with Gasteiger partial charge >= 0.3 is 0 Å². The summed E-state index contributed by atoms with van der Waals surface area (Å²) in [7, 11) is 1.50. The Morgan fingerprint density at radius 1 is 1.31 bits per heavy atom. The van der Waals surface area contributed by atoms with Gasteiger partial charge in [-0.2, -0.15) is 0 Å². The molecule has 4 nitrogen and oxygen atoms in total. The highest BCUT2D eigenvalue weighted by atomic mass is 35.5. The number of methoxy groups -OCH3 is 1. The van der Waals surface area contributed by atoms with E-state index in [0.29, 0.717) is 11.4 Å². The lowest BCUT2D eigenvalue weighted by atomic mass is 10.1. The predicted molar refractivity (Wildman–Crippen MR) is 60.7 cm³/mol. The van der Waals surface area contributed by atoms with Gasteiger partial charge in [0, 0.05) is 11.8 Å². The summed E-state index contributed by atoms with van der Waals surface area (Å²) in [6.07, 6.45) is 1.56. The second-order valence-corrected chi connectivity index (χ2v) is 3.44. The molecule has 0 bridgehead atoms. The van der Waals surface area contributed by atoms with E-state index in [4.69, 9.17) is 16.3 Å². The summed E-state index contributed by atoms with van der Waals surface area (Å²) in [6.45, 7) is 0. The molecule has 5 heteroatoms. The summed E-state index contributed by atoms with van der Waals surface area (Å²) in [5.74, 6) is 0.485. The third kappa shape index (κ3) is 2.06. The molecule has 0 fully saturated rings. The molecule has 1 aromatic carbocycles. The van der Waals surface area contributed by atoms with Gasteiger partial charge in [-0.3, -0.25) is 0 Å². The molecule has 0 aliphatic carbocycles. The van der Waals surface area contributed by atoms with E-state index in [2.05, 4.69) is 9.97 Å². The molecule has 0 atom stereocenters. The van der Waals surface area contributed by atoms with Gasteiger partial charge in [-0.25, -0.2) is 9.97 Å². The molecular formula is C11H9ClN2O2. The summed E-state index contributed by atoms with van der Waals surface area (Å²) >= 11 is 5.68. The molecule has 0 aliphatic rings. The number of nitrogens with zero attached hydrogens (tertiary/aromatic N) is 2. The maximum atomic E-state index is 9.62. The van der Waals surface area contributed by atoms with Crippen molar-refractivity contribution < 1.29 is 9.84 Å². The standard InChI is InChI=1S/C11H9ClN2O2/c1-16-10-3-2-7(6-9(10)15)8-4-5-13-11(12)14-8/h2-6,15H,1H3. The van der Waals surface area contributed by atoms with Gasteiger partial charge in [0.1, 0.15) is 0 Å². The first-order chi connectivity index (χ1) is 7.70. The number of aromatic nitrogens is 2. The van der Waals surface area contributed by atoms with Crippen LogP contribution in [0.1, 0.15) is 0 Å². The smallest absolute Gasteiger partial charge is 0.222 e. The fourth-order valence-corrected chi connectivity index (χ4v) is 1.49. The normalized spacial score (nSPS) is 10.1. The number of hydrogen-bond donors (Lipinski definition) is 1. The second kappa shape index (κ2) is 4.37. The molecular weight excluding hydrogens is 228 g/mol. The number of halogens is 1. The van der Waals surface area contributed by atoms with Gasteiger partial charge < -0.3 is 9.84 Å². The van der Waals surface area contributed by atoms with Crippen LogP contribution >= 0.6 is 11.6 Å². The third-order valence-electron chi connectivity index (χ3n) is 2.10. The first-order valence-electron chi connectivity index (χ1n) is 4.56. The Bertz CT molecular complexity index is 517. The minimum atomic E-state index is 0.0646. The van der Waals surface area contributed by atoms with Crippen molar-refractivity contribution in [3.05, 3.63) is 35.7 Å². The molecule has 1 N–H and O–H groups in total. The largest absolute Gasteiger partial charge is 0.504 e. The van der Waals surface area contributed by atoms with Crippen molar-refractivity contribution in [2.45, 2.75) is 0 Å². The highest BCUT2D eigenvalue weighted by Crippen LogP contribution is 2.30. The molecule has 0 saturated carbocycles. The zero-order valence-corrected chi connectivity index (χ0v) is 9.27. The van der Waals surface area contributed by atoms with Gasteiger partial charge in [0.05, 0.1) is 12.8 Å². The Kier molecular flexibility index (Phi) is 2.92. The molecule has 16 heavy (non-hydrogen) atoms. The lowest BCUT2D eigenvalue weighted by Gasteiger charge is -2.05. The van der Waals surface area contributed by atoms with E-state index in [-0.39, 0.29) is 11.0 Å². The molecule has 0 amide bonds. The van der Waals surface area contributed by atoms with Gasteiger partial charge in [-0.15, -0.1) is 0 Å². The summed E-state index contributed by atoms with van der Waals surface area (Å²) in [4.78, 5) is 7.83. The fourth-order valence-electron chi connectivity index (χ4n) is 1.34. The lowest BCUT2D eigenvalue weighted by Crippen LogP contribution is -1.88. The number of benzene rings is 1. The minimum Gasteiger partial charge on any atom is -0.504 e. The van der Waals surface area contributed by atoms with E-state index in [0.717, 1.165) is 5.56 Å². The minimum absolute atomic E-state index is 0.0646. The second-order valence-electron chi connectivity index (χ2n) is 3.10. The van der Waals surface area contributed by atoms with Crippen molar-refractivity contribution in [1.29, 1.82) is 0 Å². The van der Waals surface area contributed by atoms with E-state index in [1.54, 1.807) is 30.5 Å². The van der Waals surface area contributed by atoms with E-state index >= 15 is 0 Å². The monoisotopic (exact) mass is 236 g/mol. The average Bonchev–Trinajstić information content (AvgIpc) is 2.29. The molecule has 1 heterocycles.